The molecule has 0 radical (unpaired) electrons. The summed E-state index contributed by atoms with van der Waals surface area (Å²) in [5, 5.41) is 4.13. The number of carbonyl (C=O) groups is 1. The smallest absolute Gasteiger partial charge is 0.347 e. The quantitative estimate of drug-likeness (QED) is 0.761. The van der Waals surface area contributed by atoms with Crippen molar-refractivity contribution in [3.63, 3.8) is 0 Å². The Balaban J connectivity index is 2.44. The van der Waals surface area contributed by atoms with Gasteiger partial charge in [-0.25, -0.2) is 9.78 Å². The molecule has 5 nitrogen and oxygen atoms in total. The van der Waals surface area contributed by atoms with Gasteiger partial charge in [-0.2, -0.15) is 13.2 Å². The number of hydrogen-bond donors (Lipinski definition) is 3. The highest BCUT2D eigenvalue weighted by molar-refractivity contribution is 5.74. The predicted molar refractivity (Wildman–Crippen MR) is 54.2 cm³/mol. The number of amides is 2. The molecule has 1 aromatic heterocycles. The van der Waals surface area contributed by atoms with E-state index in [1.54, 1.807) is 18.4 Å². The fraction of sp³-hybridized carbons (Fsp3) is 0.556. The number of nitrogens with zero attached hydrogens (tertiary/aromatic N) is 1. The molecule has 1 unspecified atom stereocenters. The third-order valence-corrected chi connectivity index (χ3v) is 2.01. The van der Waals surface area contributed by atoms with Crippen molar-refractivity contribution < 1.29 is 18.0 Å². The van der Waals surface area contributed by atoms with Crippen LogP contribution in [0, 0.1) is 0 Å². The Morgan fingerprint density at radius 1 is 1.59 bits per heavy atom. The summed E-state index contributed by atoms with van der Waals surface area (Å²) in [5.41, 5.74) is 0. The van der Waals surface area contributed by atoms with Crippen LogP contribution in [0.25, 0.3) is 0 Å². The molecule has 0 saturated heterocycles. The SMILES string of the molecule is CCC(NC(=O)NCC(F)(F)F)c1ncc[nH]1. The first kappa shape index (κ1) is 13.3. The second kappa shape index (κ2) is 5.55. The Hall–Kier alpha value is -1.73. The fourth-order valence-electron chi connectivity index (χ4n) is 1.22. The highest BCUT2D eigenvalue weighted by Gasteiger charge is 2.28. The van der Waals surface area contributed by atoms with E-state index in [0.717, 1.165) is 0 Å². The average Bonchev–Trinajstić information content (AvgIpc) is 2.75. The number of rotatable bonds is 4. The zero-order valence-corrected chi connectivity index (χ0v) is 9.14. The van der Waals surface area contributed by atoms with Crippen LogP contribution >= 0.6 is 0 Å². The number of urea groups is 1. The van der Waals surface area contributed by atoms with Gasteiger partial charge in [-0.3, -0.25) is 0 Å². The Bertz CT molecular complexity index is 350. The fourth-order valence-corrected chi connectivity index (χ4v) is 1.22. The minimum Gasteiger partial charge on any atom is -0.347 e. The van der Waals surface area contributed by atoms with Crippen LogP contribution in [0.3, 0.4) is 0 Å². The van der Waals surface area contributed by atoms with Crippen molar-refractivity contribution in [3.05, 3.63) is 18.2 Å². The van der Waals surface area contributed by atoms with Crippen LogP contribution in [0.5, 0.6) is 0 Å². The van der Waals surface area contributed by atoms with E-state index in [-0.39, 0.29) is 0 Å². The van der Waals surface area contributed by atoms with Crippen LogP contribution < -0.4 is 10.6 Å². The van der Waals surface area contributed by atoms with E-state index < -0.39 is 24.8 Å². The molecule has 1 heterocycles. The highest BCUT2D eigenvalue weighted by Crippen LogP contribution is 2.13. The van der Waals surface area contributed by atoms with Crippen molar-refractivity contribution in [3.8, 4) is 0 Å². The third-order valence-electron chi connectivity index (χ3n) is 2.01. The van der Waals surface area contributed by atoms with Gasteiger partial charge < -0.3 is 15.6 Å². The van der Waals surface area contributed by atoms with Gasteiger partial charge in [-0.15, -0.1) is 0 Å². The Labute approximate surface area is 95.8 Å². The van der Waals surface area contributed by atoms with Crippen molar-refractivity contribution >= 4 is 6.03 Å². The summed E-state index contributed by atoms with van der Waals surface area (Å²) in [6.07, 6.45) is -0.808. The molecule has 17 heavy (non-hydrogen) atoms. The first-order chi connectivity index (χ1) is 7.92. The van der Waals surface area contributed by atoms with Crippen LogP contribution in [0.1, 0.15) is 25.2 Å². The lowest BCUT2D eigenvalue weighted by Gasteiger charge is -2.15. The van der Waals surface area contributed by atoms with Gasteiger partial charge in [0.25, 0.3) is 0 Å². The predicted octanol–water partition coefficient (Wildman–Crippen LogP) is 1.72. The van der Waals surface area contributed by atoms with Crippen LogP contribution in [0.4, 0.5) is 18.0 Å². The molecule has 8 heteroatoms. The number of aromatic nitrogens is 2. The summed E-state index contributed by atoms with van der Waals surface area (Å²) in [4.78, 5) is 17.9. The van der Waals surface area contributed by atoms with Crippen molar-refractivity contribution in [1.82, 2.24) is 20.6 Å². The first-order valence-corrected chi connectivity index (χ1v) is 5.02. The maximum atomic E-state index is 11.8. The molecule has 0 spiro atoms. The zero-order valence-electron chi connectivity index (χ0n) is 9.14. The number of nitrogens with one attached hydrogen (secondary N) is 3. The molecule has 1 atom stereocenters. The molecular weight excluding hydrogens is 237 g/mol. The van der Waals surface area contributed by atoms with Crippen LogP contribution in [0.2, 0.25) is 0 Å². The largest absolute Gasteiger partial charge is 0.405 e. The Kier molecular flexibility index (Phi) is 4.36. The summed E-state index contributed by atoms with van der Waals surface area (Å²) in [5.74, 6) is 0.509. The van der Waals surface area contributed by atoms with Crippen molar-refractivity contribution in [2.45, 2.75) is 25.6 Å². The van der Waals surface area contributed by atoms with E-state index in [1.165, 1.54) is 6.20 Å². The molecule has 1 rings (SSSR count). The number of carbonyl (C=O) groups excluding carboxylic acids is 1. The second-order valence-electron chi connectivity index (χ2n) is 3.38. The molecule has 0 aromatic carbocycles. The Morgan fingerprint density at radius 3 is 2.76 bits per heavy atom. The van der Waals surface area contributed by atoms with E-state index in [9.17, 15) is 18.0 Å². The maximum absolute atomic E-state index is 11.8. The third kappa shape index (κ3) is 4.75. The summed E-state index contributed by atoms with van der Waals surface area (Å²) >= 11 is 0. The number of aromatic amines is 1. The van der Waals surface area contributed by atoms with Gasteiger partial charge in [-0.05, 0) is 6.42 Å². The normalized spacial score (nSPS) is 13.2. The minimum atomic E-state index is -4.41. The number of H-pyrrole nitrogens is 1. The van der Waals surface area contributed by atoms with Crippen LogP contribution in [-0.2, 0) is 0 Å². The standard InChI is InChI=1S/C9H13F3N4O/c1-2-6(7-13-3-4-14-7)16-8(17)15-5-9(10,11)12/h3-4,6H,2,5H2,1H3,(H,13,14)(H2,15,16,17). The summed E-state index contributed by atoms with van der Waals surface area (Å²) in [7, 11) is 0. The van der Waals surface area contributed by atoms with Gasteiger partial charge in [0.1, 0.15) is 12.4 Å². The molecule has 0 bridgehead atoms. The van der Waals surface area contributed by atoms with Gasteiger partial charge in [-0.1, -0.05) is 6.92 Å². The molecule has 2 amide bonds. The van der Waals surface area contributed by atoms with E-state index in [4.69, 9.17) is 0 Å². The van der Waals surface area contributed by atoms with Crippen molar-refractivity contribution in [1.29, 1.82) is 0 Å². The van der Waals surface area contributed by atoms with Crippen LogP contribution in [0.15, 0.2) is 12.4 Å². The number of imidazole rings is 1. The summed E-state index contributed by atoms with van der Waals surface area (Å²) < 4.78 is 35.5. The molecule has 96 valence electrons. The lowest BCUT2D eigenvalue weighted by atomic mass is 10.2. The van der Waals surface area contributed by atoms with Gasteiger partial charge in [0, 0.05) is 12.4 Å². The van der Waals surface area contributed by atoms with Gasteiger partial charge >= 0.3 is 12.2 Å². The zero-order chi connectivity index (χ0) is 12.9. The van der Waals surface area contributed by atoms with E-state index in [0.29, 0.717) is 12.2 Å². The van der Waals surface area contributed by atoms with Crippen LogP contribution in [-0.4, -0.2) is 28.7 Å². The minimum absolute atomic E-state index is 0.432. The van der Waals surface area contributed by atoms with Gasteiger partial charge in [0.15, 0.2) is 0 Å². The lowest BCUT2D eigenvalue weighted by molar-refractivity contribution is -0.122. The molecule has 1 aromatic rings. The molecular formula is C9H13F3N4O. The van der Waals surface area contributed by atoms with E-state index >= 15 is 0 Å². The summed E-state index contributed by atoms with van der Waals surface area (Å²) in [6, 6.07) is -1.30. The topological polar surface area (TPSA) is 69.8 Å². The highest BCUT2D eigenvalue weighted by atomic mass is 19.4. The van der Waals surface area contributed by atoms with Crippen molar-refractivity contribution in [2.24, 2.45) is 0 Å². The molecule has 0 aliphatic carbocycles. The maximum Gasteiger partial charge on any atom is 0.405 e. The first-order valence-electron chi connectivity index (χ1n) is 5.02. The number of hydrogen-bond acceptors (Lipinski definition) is 2. The summed E-state index contributed by atoms with van der Waals surface area (Å²) in [6.45, 7) is 0.435. The molecule has 0 aliphatic rings. The molecule has 0 aliphatic heterocycles. The van der Waals surface area contributed by atoms with E-state index in [1.807, 2.05) is 0 Å². The van der Waals surface area contributed by atoms with Crippen molar-refractivity contribution in [2.75, 3.05) is 6.54 Å². The monoisotopic (exact) mass is 250 g/mol. The number of halogens is 3. The Morgan fingerprint density at radius 2 is 2.29 bits per heavy atom. The molecule has 0 saturated carbocycles. The van der Waals surface area contributed by atoms with E-state index in [2.05, 4.69) is 15.3 Å². The second-order valence-corrected chi connectivity index (χ2v) is 3.38. The van der Waals surface area contributed by atoms with Gasteiger partial charge in [0.2, 0.25) is 0 Å². The average molecular weight is 250 g/mol. The number of alkyl halides is 3. The van der Waals surface area contributed by atoms with Gasteiger partial charge in [0.05, 0.1) is 6.04 Å². The lowest BCUT2D eigenvalue weighted by Crippen LogP contribution is -2.42. The molecule has 0 fully saturated rings. The molecule has 3 N–H and O–H groups in total.